The maximum atomic E-state index is 6.16. The van der Waals surface area contributed by atoms with E-state index in [9.17, 15) is 0 Å². The Morgan fingerprint density at radius 3 is 2.79 bits per heavy atom. The number of hydrogen-bond donors (Lipinski definition) is 1. The summed E-state index contributed by atoms with van der Waals surface area (Å²) in [6.45, 7) is 3.36. The molecule has 0 amide bonds. The average molecular weight is 319 g/mol. The Labute approximate surface area is 129 Å². The number of piperidine rings is 1. The van der Waals surface area contributed by atoms with E-state index in [0.29, 0.717) is 0 Å². The number of rotatable bonds is 5. The van der Waals surface area contributed by atoms with Crippen LogP contribution in [0.1, 0.15) is 12.8 Å². The van der Waals surface area contributed by atoms with Gasteiger partial charge in [-0.25, -0.2) is 0 Å². The average Bonchev–Trinajstić information content (AvgIpc) is 2.43. The molecule has 1 aromatic rings. The zero-order chi connectivity index (χ0) is 13.7. The summed E-state index contributed by atoms with van der Waals surface area (Å²) in [7, 11) is 2.22. The third kappa shape index (κ3) is 4.83. The van der Waals surface area contributed by atoms with Gasteiger partial charge in [0.2, 0.25) is 0 Å². The fraction of sp³-hybridized carbons (Fsp3) is 0.571. The van der Waals surface area contributed by atoms with Crippen LogP contribution >= 0.6 is 35.0 Å². The third-order valence-electron chi connectivity index (χ3n) is 3.53. The molecule has 0 spiro atoms. The molecular formula is C14H20Cl2N2S. The minimum atomic E-state index is 0.719. The highest BCUT2D eigenvalue weighted by Gasteiger charge is 2.17. The van der Waals surface area contributed by atoms with Crippen LogP contribution in [0.2, 0.25) is 10.0 Å². The van der Waals surface area contributed by atoms with Gasteiger partial charge in [0, 0.05) is 28.3 Å². The van der Waals surface area contributed by atoms with Gasteiger partial charge in [0.15, 0.2) is 0 Å². The number of nitrogens with one attached hydrogen (secondary N) is 1. The number of halogens is 2. The van der Waals surface area contributed by atoms with Gasteiger partial charge in [0.05, 0.1) is 5.02 Å². The van der Waals surface area contributed by atoms with Crippen LogP contribution in [-0.2, 0) is 0 Å². The van der Waals surface area contributed by atoms with E-state index in [1.54, 1.807) is 11.8 Å². The zero-order valence-corrected chi connectivity index (χ0v) is 13.5. The Bertz CT molecular complexity index is 408. The number of hydrogen-bond acceptors (Lipinski definition) is 3. The zero-order valence-electron chi connectivity index (χ0n) is 11.2. The highest BCUT2D eigenvalue weighted by Crippen LogP contribution is 2.29. The van der Waals surface area contributed by atoms with E-state index >= 15 is 0 Å². The highest BCUT2D eigenvalue weighted by atomic mass is 35.5. The van der Waals surface area contributed by atoms with Gasteiger partial charge in [-0.3, -0.25) is 0 Å². The summed E-state index contributed by atoms with van der Waals surface area (Å²) in [6, 6.07) is 6.35. The SMILES string of the molecule is CN(CCSc1cc(Cl)ccc1Cl)C1CCNCC1. The van der Waals surface area contributed by atoms with Crippen molar-refractivity contribution >= 4 is 35.0 Å². The minimum Gasteiger partial charge on any atom is -0.317 e. The molecule has 2 nitrogen and oxygen atoms in total. The first-order valence-corrected chi connectivity index (χ1v) is 8.40. The van der Waals surface area contributed by atoms with Crippen LogP contribution in [0.3, 0.4) is 0 Å². The summed E-state index contributed by atoms with van der Waals surface area (Å²) < 4.78 is 0. The summed E-state index contributed by atoms with van der Waals surface area (Å²) >= 11 is 13.9. The predicted octanol–water partition coefficient (Wildman–Crippen LogP) is 3.77. The van der Waals surface area contributed by atoms with Crippen molar-refractivity contribution in [3.63, 3.8) is 0 Å². The normalized spacial score (nSPS) is 17.1. The molecule has 0 aliphatic carbocycles. The molecule has 1 N–H and O–H groups in total. The van der Waals surface area contributed by atoms with E-state index in [4.69, 9.17) is 23.2 Å². The predicted molar refractivity (Wildman–Crippen MR) is 85.7 cm³/mol. The quantitative estimate of drug-likeness (QED) is 0.832. The van der Waals surface area contributed by atoms with Gasteiger partial charge in [0.25, 0.3) is 0 Å². The first-order valence-electron chi connectivity index (χ1n) is 6.65. The van der Waals surface area contributed by atoms with Crippen LogP contribution in [0.25, 0.3) is 0 Å². The summed E-state index contributed by atoms with van der Waals surface area (Å²) in [6.07, 6.45) is 2.50. The Morgan fingerprint density at radius 2 is 2.05 bits per heavy atom. The van der Waals surface area contributed by atoms with Crippen LogP contribution in [-0.4, -0.2) is 43.4 Å². The van der Waals surface area contributed by atoms with Gasteiger partial charge < -0.3 is 10.2 Å². The molecule has 0 atom stereocenters. The van der Waals surface area contributed by atoms with Crippen LogP contribution < -0.4 is 5.32 Å². The molecule has 1 aliphatic rings. The van der Waals surface area contributed by atoms with Crippen molar-refractivity contribution in [2.75, 3.05) is 32.4 Å². The lowest BCUT2D eigenvalue weighted by molar-refractivity contribution is 0.210. The monoisotopic (exact) mass is 318 g/mol. The van der Waals surface area contributed by atoms with Crippen LogP contribution in [0, 0.1) is 0 Å². The second-order valence-electron chi connectivity index (χ2n) is 4.88. The molecule has 1 aromatic carbocycles. The Hall–Kier alpha value is 0.0700. The topological polar surface area (TPSA) is 15.3 Å². The van der Waals surface area contributed by atoms with Crippen LogP contribution in [0.5, 0.6) is 0 Å². The maximum Gasteiger partial charge on any atom is 0.0542 e. The van der Waals surface area contributed by atoms with Gasteiger partial charge in [-0.15, -0.1) is 11.8 Å². The molecule has 0 bridgehead atoms. The summed E-state index contributed by atoms with van der Waals surface area (Å²) in [5, 5.41) is 4.94. The number of thioether (sulfide) groups is 1. The molecule has 1 saturated heterocycles. The van der Waals surface area contributed by atoms with Crippen molar-refractivity contribution in [3.8, 4) is 0 Å². The van der Waals surface area contributed by atoms with E-state index in [2.05, 4.69) is 17.3 Å². The lowest BCUT2D eigenvalue weighted by Gasteiger charge is -2.31. The third-order valence-corrected chi connectivity index (χ3v) is 5.24. The van der Waals surface area contributed by atoms with Gasteiger partial charge >= 0.3 is 0 Å². The molecule has 5 heteroatoms. The molecule has 1 fully saturated rings. The van der Waals surface area contributed by atoms with Crippen LogP contribution in [0.15, 0.2) is 23.1 Å². The molecule has 2 rings (SSSR count). The van der Waals surface area contributed by atoms with Crippen molar-refractivity contribution in [1.29, 1.82) is 0 Å². The summed E-state index contributed by atoms with van der Waals surface area (Å²) in [4.78, 5) is 3.54. The number of benzene rings is 1. The fourth-order valence-corrected chi connectivity index (χ4v) is 3.85. The second-order valence-corrected chi connectivity index (χ2v) is 6.87. The van der Waals surface area contributed by atoms with Crippen molar-refractivity contribution in [1.82, 2.24) is 10.2 Å². The summed E-state index contributed by atoms with van der Waals surface area (Å²) in [5.74, 6) is 1.04. The fourth-order valence-electron chi connectivity index (χ4n) is 2.32. The van der Waals surface area contributed by atoms with E-state index in [0.717, 1.165) is 46.4 Å². The Balaban J connectivity index is 1.77. The Kier molecular flexibility index (Phi) is 6.30. The van der Waals surface area contributed by atoms with Gasteiger partial charge in [-0.05, 0) is 51.2 Å². The van der Waals surface area contributed by atoms with E-state index < -0.39 is 0 Å². The summed E-state index contributed by atoms with van der Waals surface area (Å²) in [5.41, 5.74) is 0. The van der Waals surface area contributed by atoms with Crippen molar-refractivity contribution < 1.29 is 0 Å². The molecule has 19 heavy (non-hydrogen) atoms. The standard InChI is InChI=1S/C14H20Cl2N2S/c1-18(12-4-6-17-7-5-12)8-9-19-14-10-11(15)2-3-13(14)16/h2-3,10,12,17H,4-9H2,1H3. The van der Waals surface area contributed by atoms with E-state index in [1.165, 1.54) is 12.8 Å². The molecule has 106 valence electrons. The lowest BCUT2D eigenvalue weighted by Crippen LogP contribution is -2.41. The second kappa shape index (κ2) is 7.75. The smallest absolute Gasteiger partial charge is 0.0542 e. The molecule has 0 aromatic heterocycles. The van der Waals surface area contributed by atoms with E-state index in [-0.39, 0.29) is 0 Å². The molecule has 1 aliphatic heterocycles. The largest absolute Gasteiger partial charge is 0.317 e. The first kappa shape index (κ1) is 15.5. The first-order chi connectivity index (χ1) is 9.16. The van der Waals surface area contributed by atoms with Crippen LogP contribution in [0.4, 0.5) is 0 Å². The van der Waals surface area contributed by atoms with Crippen molar-refractivity contribution in [3.05, 3.63) is 28.2 Å². The molecular weight excluding hydrogens is 299 g/mol. The van der Waals surface area contributed by atoms with Crippen molar-refractivity contribution in [2.45, 2.75) is 23.8 Å². The molecule has 0 saturated carbocycles. The van der Waals surface area contributed by atoms with Gasteiger partial charge in [0.1, 0.15) is 0 Å². The molecule has 1 heterocycles. The van der Waals surface area contributed by atoms with Gasteiger partial charge in [-0.2, -0.15) is 0 Å². The number of nitrogens with zero attached hydrogens (tertiary/aromatic N) is 1. The molecule has 0 unspecified atom stereocenters. The lowest BCUT2D eigenvalue weighted by atomic mass is 10.1. The minimum absolute atomic E-state index is 0.719. The van der Waals surface area contributed by atoms with Gasteiger partial charge in [-0.1, -0.05) is 23.2 Å². The van der Waals surface area contributed by atoms with Crippen molar-refractivity contribution in [2.24, 2.45) is 0 Å². The van der Waals surface area contributed by atoms with E-state index in [1.807, 2.05) is 18.2 Å². The Morgan fingerprint density at radius 1 is 1.32 bits per heavy atom. The maximum absolute atomic E-state index is 6.16. The highest BCUT2D eigenvalue weighted by molar-refractivity contribution is 7.99. The molecule has 0 radical (unpaired) electrons.